The Morgan fingerprint density at radius 2 is 2.20 bits per heavy atom. The molecule has 0 heterocycles. The minimum absolute atomic E-state index is 0.0521. The molecule has 1 atom stereocenters. The second-order valence-corrected chi connectivity index (χ2v) is 2.73. The van der Waals surface area contributed by atoms with Crippen LogP contribution < -0.4 is 11.1 Å². The fourth-order valence-electron chi connectivity index (χ4n) is 0.927. The third-order valence-electron chi connectivity index (χ3n) is 1.52. The van der Waals surface area contributed by atoms with E-state index in [4.69, 9.17) is 10.5 Å². The van der Waals surface area contributed by atoms with E-state index in [1.165, 1.54) is 0 Å². The van der Waals surface area contributed by atoms with E-state index in [1.807, 2.05) is 0 Å². The average Bonchev–Trinajstić information content (AvgIpc) is 1.89. The van der Waals surface area contributed by atoms with Crippen LogP contribution >= 0.6 is 0 Å². The van der Waals surface area contributed by atoms with Crippen LogP contribution in [0.3, 0.4) is 0 Å². The van der Waals surface area contributed by atoms with Gasteiger partial charge in [0.1, 0.15) is 0 Å². The minimum atomic E-state index is -0.0521. The summed E-state index contributed by atoms with van der Waals surface area (Å²) in [5.74, 6) is 0. The summed E-state index contributed by atoms with van der Waals surface area (Å²) in [4.78, 5) is 0. The van der Waals surface area contributed by atoms with Gasteiger partial charge in [-0.25, -0.2) is 0 Å². The van der Waals surface area contributed by atoms with Crippen molar-refractivity contribution in [3.63, 3.8) is 0 Å². The summed E-state index contributed by atoms with van der Waals surface area (Å²) in [6.45, 7) is 6.31. The molecule has 0 amide bonds. The molecule has 0 saturated heterocycles. The van der Waals surface area contributed by atoms with Gasteiger partial charge in [0.25, 0.3) is 0 Å². The van der Waals surface area contributed by atoms with E-state index < -0.39 is 0 Å². The topological polar surface area (TPSA) is 47.3 Å². The van der Waals surface area contributed by atoms with Crippen molar-refractivity contribution < 1.29 is 4.74 Å². The number of rotatable bonds is 5. The second kappa shape index (κ2) is 4.66. The number of ether oxygens (including phenoxy) is 1. The van der Waals surface area contributed by atoms with Crippen LogP contribution in [0.25, 0.3) is 0 Å². The van der Waals surface area contributed by atoms with Gasteiger partial charge >= 0.3 is 0 Å². The standard InChI is InChI=1S/C7H18N2O/c1-4-9-7(2,5-8)6-10-3/h9H,4-6,8H2,1-3H3. The molecule has 0 rings (SSSR count). The fourth-order valence-corrected chi connectivity index (χ4v) is 0.927. The first kappa shape index (κ1) is 9.88. The lowest BCUT2D eigenvalue weighted by Gasteiger charge is -2.27. The van der Waals surface area contributed by atoms with Gasteiger partial charge in [-0.1, -0.05) is 6.92 Å². The van der Waals surface area contributed by atoms with E-state index in [0.29, 0.717) is 13.2 Å². The number of nitrogens with one attached hydrogen (secondary N) is 1. The van der Waals surface area contributed by atoms with Gasteiger partial charge in [0.15, 0.2) is 0 Å². The van der Waals surface area contributed by atoms with Crippen molar-refractivity contribution >= 4 is 0 Å². The molecule has 0 radical (unpaired) electrons. The predicted octanol–water partition coefficient (Wildman–Crippen LogP) is -0.0403. The van der Waals surface area contributed by atoms with Crippen LogP contribution in [0, 0.1) is 0 Å². The molecule has 0 spiro atoms. The lowest BCUT2D eigenvalue weighted by molar-refractivity contribution is 0.124. The van der Waals surface area contributed by atoms with Gasteiger partial charge in [-0.2, -0.15) is 0 Å². The molecule has 10 heavy (non-hydrogen) atoms. The fraction of sp³-hybridized carbons (Fsp3) is 1.00. The molecular formula is C7H18N2O. The molecule has 0 aliphatic carbocycles. The molecule has 3 heteroatoms. The Hall–Kier alpha value is -0.120. The van der Waals surface area contributed by atoms with E-state index in [2.05, 4.69) is 19.2 Å². The molecule has 0 aliphatic heterocycles. The maximum absolute atomic E-state index is 5.54. The summed E-state index contributed by atoms with van der Waals surface area (Å²) in [7, 11) is 1.69. The van der Waals surface area contributed by atoms with Crippen molar-refractivity contribution in [3.8, 4) is 0 Å². The normalized spacial score (nSPS) is 16.8. The van der Waals surface area contributed by atoms with Gasteiger partial charge in [-0.15, -0.1) is 0 Å². The maximum Gasteiger partial charge on any atom is 0.0654 e. The average molecular weight is 146 g/mol. The first-order chi connectivity index (χ1) is 4.68. The summed E-state index contributed by atoms with van der Waals surface area (Å²) >= 11 is 0. The van der Waals surface area contributed by atoms with Gasteiger partial charge in [0, 0.05) is 13.7 Å². The molecular weight excluding hydrogens is 128 g/mol. The van der Waals surface area contributed by atoms with Crippen LogP contribution in [0.1, 0.15) is 13.8 Å². The van der Waals surface area contributed by atoms with Gasteiger partial charge in [0.2, 0.25) is 0 Å². The lowest BCUT2D eigenvalue weighted by atomic mass is 10.0. The quantitative estimate of drug-likeness (QED) is 0.572. The van der Waals surface area contributed by atoms with E-state index >= 15 is 0 Å². The highest BCUT2D eigenvalue weighted by molar-refractivity contribution is 4.82. The molecule has 0 aliphatic rings. The number of hydrogen-bond donors (Lipinski definition) is 2. The van der Waals surface area contributed by atoms with Crippen LogP contribution in [0.15, 0.2) is 0 Å². The first-order valence-corrected chi connectivity index (χ1v) is 3.62. The van der Waals surface area contributed by atoms with Crippen LogP contribution in [-0.4, -0.2) is 32.3 Å². The zero-order valence-electron chi connectivity index (χ0n) is 7.11. The SMILES string of the molecule is CCNC(C)(CN)COC. The summed E-state index contributed by atoms with van der Waals surface area (Å²) in [5.41, 5.74) is 5.48. The molecule has 0 bridgehead atoms. The van der Waals surface area contributed by atoms with Crippen molar-refractivity contribution in [2.24, 2.45) is 5.73 Å². The Morgan fingerprint density at radius 3 is 2.50 bits per heavy atom. The third kappa shape index (κ3) is 3.15. The molecule has 1 unspecified atom stereocenters. The van der Waals surface area contributed by atoms with Crippen LogP contribution in [0.2, 0.25) is 0 Å². The monoisotopic (exact) mass is 146 g/mol. The largest absolute Gasteiger partial charge is 0.383 e. The molecule has 62 valence electrons. The Labute approximate surface area is 62.9 Å². The molecule has 0 aromatic heterocycles. The third-order valence-corrected chi connectivity index (χ3v) is 1.52. The Bertz CT molecular complexity index is 79.7. The summed E-state index contributed by atoms with van der Waals surface area (Å²) < 4.78 is 5.01. The maximum atomic E-state index is 5.54. The molecule has 0 fully saturated rings. The number of hydrogen-bond acceptors (Lipinski definition) is 3. The Morgan fingerprint density at radius 1 is 1.60 bits per heavy atom. The van der Waals surface area contributed by atoms with Crippen LogP contribution in [0.4, 0.5) is 0 Å². The Balaban J connectivity index is 3.69. The minimum Gasteiger partial charge on any atom is -0.383 e. The highest BCUT2D eigenvalue weighted by atomic mass is 16.5. The van der Waals surface area contributed by atoms with Crippen molar-refractivity contribution in [1.82, 2.24) is 5.32 Å². The van der Waals surface area contributed by atoms with Gasteiger partial charge < -0.3 is 15.8 Å². The van der Waals surface area contributed by atoms with E-state index in [1.54, 1.807) is 7.11 Å². The van der Waals surface area contributed by atoms with E-state index in [-0.39, 0.29) is 5.54 Å². The summed E-state index contributed by atoms with van der Waals surface area (Å²) in [6, 6.07) is 0. The summed E-state index contributed by atoms with van der Waals surface area (Å²) in [5, 5.41) is 3.26. The number of likely N-dealkylation sites (N-methyl/N-ethyl adjacent to an activating group) is 1. The molecule has 0 saturated carbocycles. The molecule has 0 aromatic carbocycles. The zero-order chi connectivity index (χ0) is 8.04. The van der Waals surface area contributed by atoms with Crippen molar-refractivity contribution in [2.45, 2.75) is 19.4 Å². The van der Waals surface area contributed by atoms with E-state index in [0.717, 1.165) is 6.54 Å². The van der Waals surface area contributed by atoms with Crippen LogP contribution in [0.5, 0.6) is 0 Å². The van der Waals surface area contributed by atoms with E-state index in [9.17, 15) is 0 Å². The number of nitrogens with two attached hydrogens (primary N) is 1. The van der Waals surface area contributed by atoms with Gasteiger partial charge in [-0.05, 0) is 13.5 Å². The number of methoxy groups -OCH3 is 1. The van der Waals surface area contributed by atoms with Gasteiger partial charge in [-0.3, -0.25) is 0 Å². The molecule has 0 aromatic rings. The Kier molecular flexibility index (Phi) is 4.60. The first-order valence-electron chi connectivity index (χ1n) is 3.62. The van der Waals surface area contributed by atoms with Crippen LogP contribution in [-0.2, 0) is 4.74 Å². The molecule has 3 nitrogen and oxygen atoms in total. The predicted molar refractivity (Wildman–Crippen MR) is 43.0 cm³/mol. The van der Waals surface area contributed by atoms with Crippen molar-refractivity contribution in [2.75, 3.05) is 26.8 Å². The van der Waals surface area contributed by atoms with Crippen molar-refractivity contribution in [3.05, 3.63) is 0 Å². The second-order valence-electron chi connectivity index (χ2n) is 2.73. The smallest absolute Gasteiger partial charge is 0.0654 e. The highest BCUT2D eigenvalue weighted by Gasteiger charge is 2.19. The van der Waals surface area contributed by atoms with Gasteiger partial charge in [0.05, 0.1) is 12.1 Å². The zero-order valence-corrected chi connectivity index (χ0v) is 7.11. The van der Waals surface area contributed by atoms with Crippen molar-refractivity contribution in [1.29, 1.82) is 0 Å². The summed E-state index contributed by atoms with van der Waals surface area (Å²) in [6.07, 6.45) is 0. The highest BCUT2D eigenvalue weighted by Crippen LogP contribution is 1.99. The molecule has 3 N–H and O–H groups in total. The lowest BCUT2D eigenvalue weighted by Crippen LogP contribution is -2.51.